The van der Waals surface area contributed by atoms with E-state index in [0.29, 0.717) is 6.42 Å². The van der Waals surface area contributed by atoms with Crippen molar-refractivity contribution in [1.29, 1.82) is 0 Å². The predicted molar refractivity (Wildman–Crippen MR) is 74.9 cm³/mol. The molecule has 106 valence electrons. The first kappa shape index (κ1) is 15.5. The van der Waals surface area contributed by atoms with Crippen LogP contribution in [0.3, 0.4) is 0 Å². The molecule has 4 nitrogen and oxygen atoms in total. The van der Waals surface area contributed by atoms with Crippen molar-refractivity contribution in [3.63, 3.8) is 0 Å². The number of hydrogen-bond donors (Lipinski definition) is 2. The van der Waals surface area contributed by atoms with Gasteiger partial charge in [-0.1, -0.05) is 24.3 Å². The Morgan fingerprint density at radius 1 is 1.37 bits per heavy atom. The Morgan fingerprint density at radius 3 is 2.58 bits per heavy atom. The van der Waals surface area contributed by atoms with Crippen LogP contribution in [0.15, 0.2) is 24.3 Å². The number of benzene rings is 1. The van der Waals surface area contributed by atoms with Crippen molar-refractivity contribution >= 4 is 6.09 Å². The number of amides is 1. The molecule has 0 fully saturated rings. The van der Waals surface area contributed by atoms with Crippen molar-refractivity contribution in [2.75, 3.05) is 0 Å². The molecule has 1 unspecified atom stereocenters. The minimum Gasteiger partial charge on any atom is -0.444 e. The minimum absolute atomic E-state index is 0.0243. The highest BCUT2D eigenvalue weighted by Crippen LogP contribution is 2.10. The molecule has 4 heteroatoms. The van der Waals surface area contributed by atoms with Crippen LogP contribution in [0.1, 0.15) is 38.8 Å². The van der Waals surface area contributed by atoms with Crippen LogP contribution in [0.2, 0.25) is 0 Å². The van der Waals surface area contributed by atoms with Gasteiger partial charge < -0.3 is 15.2 Å². The molecular weight excluding hydrogens is 242 g/mol. The SMILES string of the molecule is CC(Cc1cccc(CO)c1)NC(=O)OC(C)(C)C. The highest BCUT2D eigenvalue weighted by Gasteiger charge is 2.17. The van der Waals surface area contributed by atoms with Gasteiger partial charge in [0.15, 0.2) is 0 Å². The number of carbonyl (C=O) groups excluding carboxylic acids is 1. The minimum atomic E-state index is -0.486. The van der Waals surface area contributed by atoms with Gasteiger partial charge >= 0.3 is 6.09 Å². The van der Waals surface area contributed by atoms with Crippen LogP contribution >= 0.6 is 0 Å². The smallest absolute Gasteiger partial charge is 0.407 e. The quantitative estimate of drug-likeness (QED) is 0.880. The van der Waals surface area contributed by atoms with Gasteiger partial charge in [-0.05, 0) is 45.2 Å². The van der Waals surface area contributed by atoms with Crippen molar-refractivity contribution in [2.45, 2.75) is 52.4 Å². The van der Waals surface area contributed by atoms with E-state index in [4.69, 9.17) is 9.84 Å². The van der Waals surface area contributed by atoms with E-state index in [0.717, 1.165) is 11.1 Å². The number of aliphatic hydroxyl groups is 1. The molecule has 19 heavy (non-hydrogen) atoms. The maximum absolute atomic E-state index is 11.6. The standard InChI is InChI=1S/C15H23NO3/c1-11(16-14(18)19-15(2,3)4)8-12-6-5-7-13(9-12)10-17/h5-7,9,11,17H,8,10H2,1-4H3,(H,16,18). The predicted octanol–water partition coefficient (Wildman–Crippen LogP) is 2.63. The summed E-state index contributed by atoms with van der Waals surface area (Å²) in [7, 11) is 0. The molecule has 0 aromatic heterocycles. The molecule has 1 atom stereocenters. The van der Waals surface area contributed by atoms with E-state index in [-0.39, 0.29) is 12.6 Å². The van der Waals surface area contributed by atoms with Crippen LogP contribution in [0.25, 0.3) is 0 Å². The van der Waals surface area contributed by atoms with E-state index < -0.39 is 11.7 Å². The molecule has 1 aromatic carbocycles. The maximum Gasteiger partial charge on any atom is 0.407 e. The Labute approximate surface area is 114 Å². The van der Waals surface area contributed by atoms with Gasteiger partial charge in [0, 0.05) is 6.04 Å². The molecule has 0 saturated carbocycles. The molecule has 0 aliphatic rings. The topological polar surface area (TPSA) is 58.6 Å². The summed E-state index contributed by atoms with van der Waals surface area (Å²) in [5.74, 6) is 0. The highest BCUT2D eigenvalue weighted by molar-refractivity contribution is 5.68. The van der Waals surface area contributed by atoms with Gasteiger partial charge in [-0.3, -0.25) is 0 Å². The van der Waals surface area contributed by atoms with E-state index >= 15 is 0 Å². The summed E-state index contributed by atoms with van der Waals surface area (Å²) in [5, 5.41) is 11.9. The lowest BCUT2D eigenvalue weighted by Crippen LogP contribution is -2.38. The second-order valence-electron chi connectivity index (χ2n) is 5.73. The summed E-state index contributed by atoms with van der Waals surface area (Å²) in [5.41, 5.74) is 1.47. The number of alkyl carbamates (subject to hydrolysis) is 1. The molecule has 1 amide bonds. The van der Waals surface area contributed by atoms with E-state index in [9.17, 15) is 4.79 Å². The first-order chi connectivity index (χ1) is 8.80. The fraction of sp³-hybridized carbons (Fsp3) is 0.533. The zero-order valence-corrected chi connectivity index (χ0v) is 12.1. The lowest BCUT2D eigenvalue weighted by Gasteiger charge is -2.22. The van der Waals surface area contributed by atoms with Crippen LogP contribution < -0.4 is 5.32 Å². The number of hydrogen-bond acceptors (Lipinski definition) is 3. The molecule has 2 N–H and O–H groups in total. The van der Waals surface area contributed by atoms with Crippen LogP contribution in [0.4, 0.5) is 4.79 Å². The molecule has 0 aliphatic carbocycles. The molecule has 0 heterocycles. The second-order valence-corrected chi connectivity index (χ2v) is 5.73. The third kappa shape index (κ3) is 6.25. The molecule has 0 aliphatic heterocycles. The lowest BCUT2D eigenvalue weighted by atomic mass is 10.0. The Hall–Kier alpha value is -1.55. The van der Waals surface area contributed by atoms with E-state index in [1.54, 1.807) is 0 Å². The van der Waals surface area contributed by atoms with Crippen molar-refractivity contribution in [1.82, 2.24) is 5.32 Å². The Balaban J connectivity index is 2.50. The largest absolute Gasteiger partial charge is 0.444 e. The maximum atomic E-state index is 11.6. The average molecular weight is 265 g/mol. The van der Waals surface area contributed by atoms with Gasteiger partial charge in [-0.25, -0.2) is 4.79 Å². The van der Waals surface area contributed by atoms with Crippen LogP contribution in [0, 0.1) is 0 Å². The zero-order valence-electron chi connectivity index (χ0n) is 12.1. The third-order valence-electron chi connectivity index (χ3n) is 2.48. The monoisotopic (exact) mass is 265 g/mol. The highest BCUT2D eigenvalue weighted by atomic mass is 16.6. The number of carbonyl (C=O) groups is 1. The fourth-order valence-corrected chi connectivity index (χ4v) is 1.77. The Bertz CT molecular complexity index is 424. The van der Waals surface area contributed by atoms with Crippen LogP contribution in [-0.2, 0) is 17.8 Å². The Morgan fingerprint density at radius 2 is 2.00 bits per heavy atom. The zero-order chi connectivity index (χ0) is 14.5. The molecule has 0 saturated heterocycles. The van der Waals surface area contributed by atoms with Crippen LogP contribution in [0.5, 0.6) is 0 Å². The molecular formula is C15H23NO3. The van der Waals surface area contributed by atoms with Gasteiger partial charge in [0.05, 0.1) is 6.61 Å². The third-order valence-corrected chi connectivity index (χ3v) is 2.48. The van der Waals surface area contributed by atoms with Gasteiger partial charge in [0.1, 0.15) is 5.60 Å². The fourth-order valence-electron chi connectivity index (χ4n) is 1.77. The molecule has 1 aromatic rings. The van der Waals surface area contributed by atoms with Crippen LogP contribution in [-0.4, -0.2) is 22.8 Å². The normalized spacial score (nSPS) is 12.9. The van der Waals surface area contributed by atoms with Crippen molar-refractivity contribution in [3.8, 4) is 0 Å². The summed E-state index contributed by atoms with van der Waals surface area (Å²) in [4.78, 5) is 11.6. The van der Waals surface area contributed by atoms with E-state index in [2.05, 4.69) is 5.32 Å². The van der Waals surface area contributed by atoms with Gasteiger partial charge in [0.2, 0.25) is 0 Å². The summed E-state index contributed by atoms with van der Waals surface area (Å²) in [6.45, 7) is 7.46. The van der Waals surface area contributed by atoms with Crippen molar-refractivity contribution in [3.05, 3.63) is 35.4 Å². The summed E-state index contributed by atoms with van der Waals surface area (Å²) in [6, 6.07) is 7.67. The van der Waals surface area contributed by atoms with Crippen molar-refractivity contribution in [2.24, 2.45) is 0 Å². The first-order valence-corrected chi connectivity index (χ1v) is 6.48. The number of nitrogens with one attached hydrogen (secondary N) is 1. The number of ether oxygens (including phenoxy) is 1. The summed E-state index contributed by atoms with van der Waals surface area (Å²) in [6.07, 6.45) is 0.297. The molecule has 1 rings (SSSR count). The summed E-state index contributed by atoms with van der Waals surface area (Å²) < 4.78 is 5.20. The molecule has 0 bridgehead atoms. The van der Waals surface area contributed by atoms with Crippen molar-refractivity contribution < 1.29 is 14.6 Å². The summed E-state index contributed by atoms with van der Waals surface area (Å²) >= 11 is 0. The Kier molecular flexibility index (Phi) is 5.36. The number of rotatable bonds is 4. The molecule has 0 radical (unpaired) electrons. The lowest BCUT2D eigenvalue weighted by molar-refractivity contribution is 0.0508. The van der Waals surface area contributed by atoms with Gasteiger partial charge in [-0.2, -0.15) is 0 Å². The first-order valence-electron chi connectivity index (χ1n) is 6.48. The van der Waals surface area contributed by atoms with Gasteiger partial charge in [-0.15, -0.1) is 0 Å². The number of aliphatic hydroxyl groups excluding tert-OH is 1. The molecule has 0 spiro atoms. The van der Waals surface area contributed by atoms with E-state index in [1.807, 2.05) is 52.0 Å². The van der Waals surface area contributed by atoms with E-state index in [1.165, 1.54) is 0 Å². The second kappa shape index (κ2) is 6.57. The average Bonchev–Trinajstić information content (AvgIpc) is 2.26. The van der Waals surface area contributed by atoms with Gasteiger partial charge in [0.25, 0.3) is 0 Å².